The number of aromatic hydroxyl groups is 1. The van der Waals surface area contributed by atoms with E-state index < -0.39 is 54.0 Å². The monoisotopic (exact) mass is 573 g/mol. The number of hydrogen-bond donors (Lipinski definition) is 5. The number of ether oxygens (including phenoxy) is 3. The summed E-state index contributed by atoms with van der Waals surface area (Å²) in [4.78, 5) is 43.2. The molecule has 3 aliphatic rings. The number of phenols is 1. The molecule has 2 aromatic carbocycles. The molecule has 42 heavy (non-hydrogen) atoms. The average molecular weight is 574 g/mol. The van der Waals surface area contributed by atoms with Gasteiger partial charge in [-0.2, -0.15) is 0 Å². The number of hydrogen-bond acceptors (Lipinski definition) is 10. The minimum Gasteiger partial charge on any atom is -0.507 e. The minimum absolute atomic E-state index is 0.00487. The van der Waals surface area contributed by atoms with E-state index in [-0.39, 0.29) is 63.3 Å². The van der Waals surface area contributed by atoms with Crippen LogP contribution in [-0.2, 0) is 22.4 Å². The maximum absolute atomic E-state index is 14.4. The highest BCUT2D eigenvalue weighted by atomic mass is 16.7. The fourth-order valence-corrected chi connectivity index (χ4v) is 5.77. The zero-order valence-corrected chi connectivity index (χ0v) is 22.8. The van der Waals surface area contributed by atoms with Crippen LogP contribution in [0.3, 0.4) is 0 Å². The summed E-state index contributed by atoms with van der Waals surface area (Å²) >= 11 is 0. The maximum Gasteiger partial charge on any atom is 0.308 e. The smallest absolute Gasteiger partial charge is 0.308 e. The summed E-state index contributed by atoms with van der Waals surface area (Å²) in [5, 5.41) is 42.6. The SMILES string of the molecule is CC(=O)Oc1ccc2c3c1CC#Cc1c[nH]cc1Cc1c(O[C@H]4O[C@@H](C)[C@@H](O)[C@@H](O)[C@H]4O)c(C)c(O)c(c1C3=O)C2=O. The number of H-pyrrole nitrogens is 1. The maximum atomic E-state index is 14.4. The summed E-state index contributed by atoms with van der Waals surface area (Å²) in [7, 11) is 0. The Labute approximate surface area is 239 Å². The fourth-order valence-electron chi connectivity index (χ4n) is 5.77. The standard InChI is InChI=1S/C31H27NO10/c1-12-24(34)23-22-19(30(12)42-31-29(39)28(38)25(35)13(2)40-31)9-16-11-32-10-15(16)5-4-6-17-20(41-14(3)33)8-7-18(26(23)36)21(17)27(22)37/h7-8,10-11,13,25,28-29,31-32,34-35,38-39H,6,9H2,1-3H3/t13-,25+,28+,29+,31+/m0/s1. The Morgan fingerprint density at radius 2 is 1.79 bits per heavy atom. The predicted molar refractivity (Wildman–Crippen MR) is 145 cm³/mol. The van der Waals surface area contributed by atoms with Crippen LogP contribution in [0.25, 0.3) is 0 Å². The van der Waals surface area contributed by atoms with Crippen molar-refractivity contribution in [2.45, 2.75) is 64.3 Å². The number of aromatic amines is 1. The number of esters is 1. The Hall–Kier alpha value is -4.47. The molecule has 216 valence electrons. The highest BCUT2D eigenvalue weighted by Gasteiger charge is 2.45. The van der Waals surface area contributed by atoms with Gasteiger partial charge < -0.3 is 39.6 Å². The molecule has 0 unspecified atom stereocenters. The second kappa shape index (κ2) is 10.1. The Morgan fingerprint density at radius 1 is 1.02 bits per heavy atom. The van der Waals surface area contributed by atoms with Gasteiger partial charge in [-0.3, -0.25) is 14.4 Å². The minimum atomic E-state index is -1.67. The van der Waals surface area contributed by atoms with Crippen molar-refractivity contribution in [2.24, 2.45) is 0 Å². The van der Waals surface area contributed by atoms with Crippen molar-refractivity contribution in [3.63, 3.8) is 0 Å². The first-order valence-corrected chi connectivity index (χ1v) is 13.3. The third kappa shape index (κ3) is 4.19. The molecule has 1 fully saturated rings. The first kappa shape index (κ1) is 27.7. The number of benzene rings is 2. The topological polar surface area (TPSA) is 176 Å². The highest BCUT2D eigenvalue weighted by Crippen LogP contribution is 2.46. The van der Waals surface area contributed by atoms with Gasteiger partial charge in [0.25, 0.3) is 0 Å². The molecule has 2 heterocycles. The van der Waals surface area contributed by atoms with Crippen LogP contribution in [0.5, 0.6) is 17.2 Å². The fraction of sp³-hybridized carbons (Fsp3) is 0.323. The van der Waals surface area contributed by atoms with E-state index in [1.807, 2.05) is 0 Å². The molecule has 11 heteroatoms. The first-order chi connectivity index (χ1) is 20.0. The number of aromatic nitrogens is 1. The molecule has 2 bridgehead atoms. The molecule has 3 aromatic rings. The van der Waals surface area contributed by atoms with Crippen molar-refractivity contribution in [1.82, 2.24) is 4.98 Å². The second-order valence-electron chi connectivity index (χ2n) is 10.6. The van der Waals surface area contributed by atoms with Gasteiger partial charge in [0.1, 0.15) is 35.6 Å². The van der Waals surface area contributed by atoms with E-state index in [0.29, 0.717) is 11.1 Å². The van der Waals surface area contributed by atoms with Gasteiger partial charge in [0.2, 0.25) is 6.29 Å². The van der Waals surface area contributed by atoms with Crippen LogP contribution in [0.4, 0.5) is 0 Å². The van der Waals surface area contributed by atoms with E-state index in [9.17, 15) is 34.8 Å². The number of rotatable bonds is 3. The largest absolute Gasteiger partial charge is 0.507 e. The summed E-state index contributed by atoms with van der Waals surface area (Å²) < 4.78 is 17.1. The molecule has 1 aliphatic heterocycles. The van der Waals surface area contributed by atoms with Gasteiger partial charge in [-0.1, -0.05) is 11.8 Å². The number of ketones is 2. The molecule has 6 rings (SSSR count). The molecule has 0 radical (unpaired) electrons. The Bertz CT molecular complexity index is 1740. The predicted octanol–water partition coefficient (Wildman–Crippen LogP) is 1.43. The van der Waals surface area contributed by atoms with Gasteiger partial charge in [-0.25, -0.2) is 0 Å². The van der Waals surface area contributed by atoms with Gasteiger partial charge in [-0.05, 0) is 31.5 Å². The van der Waals surface area contributed by atoms with Crippen LogP contribution >= 0.6 is 0 Å². The molecule has 0 spiro atoms. The first-order valence-electron chi connectivity index (χ1n) is 13.3. The zero-order chi connectivity index (χ0) is 30.0. The van der Waals surface area contributed by atoms with Crippen LogP contribution in [0.2, 0.25) is 0 Å². The molecule has 2 aliphatic carbocycles. The van der Waals surface area contributed by atoms with Gasteiger partial charge >= 0.3 is 5.97 Å². The number of phenolic OH excluding ortho intramolecular Hbond substituents is 1. The molecule has 0 saturated carbocycles. The highest BCUT2D eigenvalue weighted by molar-refractivity contribution is 6.31. The molecule has 5 N–H and O–H groups in total. The number of carbonyl (C=O) groups excluding carboxylic acids is 3. The van der Waals surface area contributed by atoms with Gasteiger partial charge in [0, 0.05) is 71.1 Å². The third-order valence-corrected chi connectivity index (χ3v) is 7.94. The van der Waals surface area contributed by atoms with Crippen molar-refractivity contribution in [1.29, 1.82) is 0 Å². The Morgan fingerprint density at radius 3 is 2.52 bits per heavy atom. The van der Waals surface area contributed by atoms with Crippen LogP contribution in [-0.4, -0.2) is 73.7 Å². The number of nitrogens with one attached hydrogen (secondary N) is 1. The number of aliphatic hydroxyl groups is 3. The molecule has 1 saturated heterocycles. The average Bonchev–Trinajstić information content (AvgIpc) is 3.38. The van der Waals surface area contributed by atoms with Crippen molar-refractivity contribution >= 4 is 17.5 Å². The number of fused-ring (bicyclic) bond motifs is 1. The van der Waals surface area contributed by atoms with E-state index >= 15 is 0 Å². The second-order valence-corrected chi connectivity index (χ2v) is 10.6. The Balaban J connectivity index is 1.63. The summed E-state index contributed by atoms with van der Waals surface area (Å²) in [6.07, 6.45) is -3.65. The lowest BCUT2D eigenvalue weighted by molar-refractivity contribution is -0.268. The van der Waals surface area contributed by atoms with E-state index in [1.165, 1.54) is 32.9 Å². The van der Waals surface area contributed by atoms with E-state index in [4.69, 9.17) is 14.2 Å². The summed E-state index contributed by atoms with van der Waals surface area (Å²) in [5.74, 6) is 3.83. The van der Waals surface area contributed by atoms with Gasteiger partial charge in [0.15, 0.2) is 11.6 Å². The molecule has 11 nitrogen and oxygen atoms in total. The van der Waals surface area contributed by atoms with Crippen LogP contribution in [0, 0.1) is 18.8 Å². The molecular weight excluding hydrogens is 546 g/mol. The molecule has 5 atom stereocenters. The lowest BCUT2D eigenvalue weighted by Crippen LogP contribution is -2.58. The summed E-state index contributed by atoms with van der Waals surface area (Å²) in [6.45, 7) is 4.21. The van der Waals surface area contributed by atoms with Crippen LogP contribution < -0.4 is 9.47 Å². The quantitative estimate of drug-likeness (QED) is 0.137. The third-order valence-electron chi connectivity index (χ3n) is 7.94. The van der Waals surface area contributed by atoms with Crippen molar-refractivity contribution in [3.8, 4) is 29.1 Å². The van der Waals surface area contributed by atoms with Gasteiger partial charge in [0.05, 0.1) is 11.7 Å². The van der Waals surface area contributed by atoms with Gasteiger partial charge in [-0.15, -0.1) is 0 Å². The molecular formula is C31H27NO10. The number of carbonyl (C=O) groups is 3. The van der Waals surface area contributed by atoms with Crippen LogP contribution in [0.15, 0.2) is 24.5 Å². The van der Waals surface area contributed by atoms with E-state index in [1.54, 1.807) is 12.4 Å². The van der Waals surface area contributed by atoms with Crippen molar-refractivity contribution < 1.29 is 49.0 Å². The lowest BCUT2D eigenvalue weighted by Gasteiger charge is -2.39. The number of aliphatic hydroxyl groups excluding tert-OH is 3. The zero-order valence-electron chi connectivity index (χ0n) is 22.8. The van der Waals surface area contributed by atoms with E-state index in [2.05, 4.69) is 16.8 Å². The normalized spacial score (nSPS) is 24.2. The summed E-state index contributed by atoms with van der Waals surface area (Å²) in [6, 6.07) is 2.82. The van der Waals surface area contributed by atoms with E-state index in [0.717, 1.165) is 0 Å². The molecule has 1 aromatic heterocycles. The molecule has 0 amide bonds. The van der Waals surface area contributed by atoms with Crippen LogP contribution in [0.1, 0.15) is 73.5 Å². The van der Waals surface area contributed by atoms with Crippen molar-refractivity contribution in [2.75, 3.05) is 0 Å². The lowest BCUT2D eigenvalue weighted by atomic mass is 9.76. The Kier molecular flexibility index (Phi) is 6.67. The van der Waals surface area contributed by atoms with Crippen molar-refractivity contribution in [3.05, 3.63) is 74.6 Å². The summed E-state index contributed by atoms with van der Waals surface area (Å²) in [5.41, 5.74) is 1.57.